The van der Waals surface area contributed by atoms with Crippen LogP contribution < -0.4 is 10.6 Å². The fourth-order valence-corrected chi connectivity index (χ4v) is 4.84. The van der Waals surface area contributed by atoms with Gasteiger partial charge in [0.2, 0.25) is 0 Å². The number of alkyl halides is 1. The number of carbonyl (C=O) groups is 1. The Labute approximate surface area is 200 Å². The minimum absolute atomic E-state index is 0.0192. The maximum absolute atomic E-state index is 13.7. The summed E-state index contributed by atoms with van der Waals surface area (Å²) < 4.78 is 28.6. The standard InChI is InChI=1S/C24H26FN7O3/c1-26-21-8-18(29-23-15(10-28-32(21)23)24(33)30-17-6-5-16(17)25)14-9-27-22-13(14)4-3-7-31(22)19-11-35-12-20(19)34-2/h3-4,7-10,16-17,19-20,26H,5-6,11-12H2,1-2H3,(H,30,33)/t16?,17?,19-,20-/m0/s1. The summed E-state index contributed by atoms with van der Waals surface area (Å²) in [7, 11) is 3.47. The molecule has 4 atom stereocenters. The maximum atomic E-state index is 13.7. The SMILES string of the molecule is CNc1cc(-c2cnc3n([C@H]4COC[C@@H]4OC)cccc2-3)nc2c(C(=O)NC3CCC3F)cnn12. The molecule has 10 nitrogen and oxygen atoms in total. The average Bonchev–Trinajstić information content (AvgIpc) is 3.63. The number of aromatic nitrogens is 5. The van der Waals surface area contributed by atoms with Gasteiger partial charge in [-0.1, -0.05) is 0 Å². The number of carbonyl (C=O) groups excluding carboxylic acids is 1. The van der Waals surface area contributed by atoms with Crippen LogP contribution in [0.2, 0.25) is 0 Å². The lowest BCUT2D eigenvalue weighted by atomic mass is 9.90. The van der Waals surface area contributed by atoms with Crippen LogP contribution in [0.4, 0.5) is 10.2 Å². The molecule has 0 bridgehead atoms. The van der Waals surface area contributed by atoms with E-state index < -0.39 is 12.2 Å². The van der Waals surface area contributed by atoms with Gasteiger partial charge in [0, 0.05) is 43.7 Å². The first-order chi connectivity index (χ1) is 17.1. The first kappa shape index (κ1) is 21.9. The van der Waals surface area contributed by atoms with E-state index in [0.29, 0.717) is 48.8 Å². The smallest absolute Gasteiger partial charge is 0.257 e. The Balaban J connectivity index is 1.40. The number of nitrogens with one attached hydrogen (secondary N) is 2. The zero-order valence-electron chi connectivity index (χ0n) is 19.4. The van der Waals surface area contributed by atoms with E-state index in [-0.39, 0.29) is 18.1 Å². The number of ether oxygens (including phenoxy) is 2. The van der Waals surface area contributed by atoms with Crippen molar-refractivity contribution >= 4 is 17.4 Å². The van der Waals surface area contributed by atoms with Gasteiger partial charge in [0.05, 0.1) is 37.2 Å². The molecule has 0 radical (unpaired) electrons. The molecule has 1 aliphatic carbocycles. The summed E-state index contributed by atoms with van der Waals surface area (Å²) in [5.74, 6) is 1.09. The van der Waals surface area contributed by atoms with Gasteiger partial charge in [0.15, 0.2) is 5.65 Å². The summed E-state index contributed by atoms with van der Waals surface area (Å²) in [5, 5.41) is 10.2. The molecule has 1 saturated heterocycles. The van der Waals surface area contributed by atoms with E-state index in [1.165, 1.54) is 6.20 Å². The summed E-state index contributed by atoms with van der Waals surface area (Å²) in [4.78, 5) is 22.4. The van der Waals surface area contributed by atoms with E-state index in [1.807, 2.05) is 24.4 Å². The van der Waals surface area contributed by atoms with Gasteiger partial charge in [-0.25, -0.2) is 14.4 Å². The number of rotatable bonds is 6. The number of pyridine rings is 1. The van der Waals surface area contributed by atoms with Crippen LogP contribution in [0, 0.1) is 0 Å². The van der Waals surface area contributed by atoms with Crippen molar-refractivity contribution in [2.75, 3.05) is 32.7 Å². The molecule has 35 heavy (non-hydrogen) atoms. The molecule has 3 aliphatic heterocycles. The van der Waals surface area contributed by atoms with Crippen molar-refractivity contribution in [2.45, 2.75) is 37.2 Å². The van der Waals surface area contributed by atoms with Crippen molar-refractivity contribution in [1.29, 1.82) is 0 Å². The Morgan fingerprint density at radius 2 is 2.14 bits per heavy atom. The zero-order chi connectivity index (χ0) is 24.1. The van der Waals surface area contributed by atoms with Gasteiger partial charge in [-0.05, 0) is 25.0 Å². The normalized spacial score (nSPS) is 24.1. The van der Waals surface area contributed by atoms with E-state index in [9.17, 15) is 9.18 Å². The summed E-state index contributed by atoms with van der Waals surface area (Å²) in [6.07, 6.45) is 5.29. The number of hydrogen-bond donors (Lipinski definition) is 2. The number of anilines is 1. The highest BCUT2D eigenvalue weighted by Gasteiger charge is 2.34. The number of methoxy groups -OCH3 is 1. The van der Waals surface area contributed by atoms with Gasteiger partial charge in [-0.2, -0.15) is 9.61 Å². The Morgan fingerprint density at radius 3 is 2.89 bits per heavy atom. The minimum Gasteiger partial charge on any atom is -0.377 e. The van der Waals surface area contributed by atoms with Crippen molar-refractivity contribution in [3.63, 3.8) is 0 Å². The predicted molar refractivity (Wildman–Crippen MR) is 126 cm³/mol. The molecule has 0 spiro atoms. The molecule has 11 heteroatoms. The minimum atomic E-state index is -1.01. The summed E-state index contributed by atoms with van der Waals surface area (Å²) in [6, 6.07) is 5.40. The van der Waals surface area contributed by atoms with Crippen molar-refractivity contribution in [2.24, 2.45) is 0 Å². The highest BCUT2D eigenvalue weighted by atomic mass is 19.1. The van der Waals surface area contributed by atoms with Gasteiger partial charge in [-0.15, -0.1) is 0 Å². The average molecular weight is 480 g/mol. The van der Waals surface area contributed by atoms with Crippen molar-refractivity contribution in [1.82, 2.24) is 29.5 Å². The van der Waals surface area contributed by atoms with Gasteiger partial charge in [-0.3, -0.25) is 4.79 Å². The molecule has 5 heterocycles. The molecule has 6 rings (SSSR count). The quantitative estimate of drug-likeness (QED) is 0.438. The van der Waals surface area contributed by atoms with Crippen LogP contribution in [0.1, 0.15) is 29.2 Å². The second kappa shape index (κ2) is 8.58. The number of amides is 1. The summed E-state index contributed by atoms with van der Waals surface area (Å²) in [5.41, 5.74) is 3.09. The van der Waals surface area contributed by atoms with E-state index in [1.54, 1.807) is 24.9 Å². The Bertz CT molecular complexity index is 1370. The largest absolute Gasteiger partial charge is 0.377 e. The molecule has 182 valence electrons. The van der Waals surface area contributed by atoms with Crippen LogP contribution in [-0.4, -0.2) is 75.7 Å². The number of halogens is 1. The summed E-state index contributed by atoms with van der Waals surface area (Å²) >= 11 is 0. The molecule has 0 aromatic carbocycles. The van der Waals surface area contributed by atoms with Crippen molar-refractivity contribution in [3.8, 4) is 22.6 Å². The fraction of sp³-hybridized carbons (Fsp3) is 0.417. The van der Waals surface area contributed by atoms with Crippen LogP contribution in [0.25, 0.3) is 28.3 Å². The molecular weight excluding hydrogens is 453 g/mol. The van der Waals surface area contributed by atoms with Crippen LogP contribution >= 0.6 is 0 Å². The third-order valence-corrected chi connectivity index (χ3v) is 7.02. The van der Waals surface area contributed by atoms with Crippen LogP contribution in [0.3, 0.4) is 0 Å². The molecule has 4 aliphatic rings. The topological polar surface area (TPSA) is 108 Å². The second-order valence-corrected chi connectivity index (χ2v) is 8.95. The predicted octanol–water partition coefficient (Wildman–Crippen LogP) is 2.56. The lowest BCUT2D eigenvalue weighted by Crippen LogP contribution is -2.48. The zero-order valence-corrected chi connectivity index (χ0v) is 19.4. The maximum Gasteiger partial charge on any atom is 0.257 e. The lowest BCUT2D eigenvalue weighted by molar-refractivity contribution is 0.0686. The Morgan fingerprint density at radius 1 is 1.26 bits per heavy atom. The third-order valence-electron chi connectivity index (χ3n) is 7.02. The van der Waals surface area contributed by atoms with Gasteiger partial charge in [0.1, 0.15) is 29.5 Å². The molecule has 2 aromatic rings. The van der Waals surface area contributed by atoms with Crippen molar-refractivity contribution in [3.05, 3.63) is 42.4 Å². The fourth-order valence-electron chi connectivity index (χ4n) is 4.84. The second-order valence-electron chi connectivity index (χ2n) is 8.95. The van der Waals surface area contributed by atoms with Gasteiger partial charge >= 0.3 is 0 Å². The molecule has 2 unspecified atom stereocenters. The van der Waals surface area contributed by atoms with Gasteiger partial charge in [0.25, 0.3) is 5.91 Å². The van der Waals surface area contributed by atoms with E-state index >= 15 is 0 Å². The van der Waals surface area contributed by atoms with E-state index in [4.69, 9.17) is 19.4 Å². The molecule has 1 saturated carbocycles. The number of nitrogens with zero attached hydrogens (tertiary/aromatic N) is 5. The lowest BCUT2D eigenvalue weighted by Gasteiger charge is -2.30. The molecular formula is C24H26FN7O3. The van der Waals surface area contributed by atoms with Crippen LogP contribution in [-0.2, 0) is 9.47 Å². The molecule has 1 amide bonds. The Kier molecular flexibility index (Phi) is 5.37. The summed E-state index contributed by atoms with van der Waals surface area (Å²) in [6.45, 7) is 1.09. The van der Waals surface area contributed by atoms with Crippen molar-refractivity contribution < 1.29 is 18.7 Å². The number of fused-ring (bicyclic) bond motifs is 2. The molecule has 2 N–H and O–H groups in total. The first-order valence-electron chi connectivity index (χ1n) is 11.7. The molecule has 2 aromatic heterocycles. The van der Waals surface area contributed by atoms with E-state index in [0.717, 1.165) is 17.0 Å². The van der Waals surface area contributed by atoms with E-state index in [2.05, 4.69) is 20.3 Å². The Hall–Kier alpha value is -3.57. The highest BCUT2D eigenvalue weighted by molar-refractivity contribution is 6.00. The molecule has 2 fully saturated rings. The number of hydrogen-bond acceptors (Lipinski definition) is 7. The van der Waals surface area contributed by atoms with Gasteiger partial charge < -0.3 is 24.7 Å². The van der Waals surface area contributed by atoms with Crippen LogP contribution in [0.5, 0.6) is 0 Å². The third kappa shape index (κ3) is 3.53. The highest BCUT2D eigenvalue weighted by Crippen LogP contribution is 2.37. The monoisotopic (exact) mass is 479 g/mol. The first-order valence-corrected chi connectivity index (χ1v) is 11.7. The van der Waals surface area contributed by atoms with Crippen LogP contribution in [0.15, 0.2) is 36.8 Å².